The predicted octanol–water partition coefficient (Wildman–Crippen LogP) is 2.71. The third-order valence-electron chi connectivity index (χ3n) is 4.69. The summed E-state index contributed by atoms with van der Waals surface area (Å²) in [6, 6.07) is 6.58. The zero-order valence-electron chi connectivity index (χ0n) is 11.8. The summed E-state index contributed by atoms with van der Waals surface area (Å²) in [4.78, 5) is 14.1. The molecule has 1 saturated carbocycles. The van der Waals surface area contributed by atoms with Gasteiger partial charge in [0.15, 0.2) is 0 Å². The molecular formula is C16H21FN2O. The van der Waals surface area contributed by atoms with Crippen molar-refractivity contribution < 1.29 is 9.18 Å². The number of nitrogens with zero attached hydrogens (tertiary/aromatic N) is 1. The lowest BCUT2D eigenvalue weighted by Gasteiger charge is -2.24. The molecule has 1 saturated heterocycles. The second kappa shape index (κ2) is 5.52. The van der Waals surface area contributed by atoms with Gasteiger partial charge in [0.2, 0.25) is 5.91 Å². The molecule has 20 heavy (non-hydrogen) atoms. The Bertz CT molecular complexity index is 491. The molecule has 0 bridgehead atoms. The van der Waals surface area contributed by atoms with Gasteiger partial charge in [-0.15, -0.1) is 0 Å². The maximum atomic E-state index is 13.3. The van der Waals surface area contributed by atoms with Gasteiger partial charge >= 0.3 is 0 Å². The van der Waals surface area contributed by atoms with Crippen LogP contribution in [0.5, 0.6) is 0 Å². The van der Waals surface area contributed by atoms with E-state index in [2.05, 4.69) is 5.32 Å². The molecule has 0 aromatic heterocycles. The number of carbonyl (C=O) groups excluding carboxylic acids is 1. The first-order valence-electron chi connectivity index (χ1n) is 7.44. The molecule has 1 aliphatic carbocycles. The first-order valence-corrected chi connectivity index (χ1v) is 7.44. The van der Waals surface area contributed by atoms with E-state index < -0.39 is 0 Å². The van der Waals surface area contributed by atoms with Crippen LogP contribution in [0, 0.1) is 11.7 Å². The van der Waals surface area contributed by atoms with Crippen molar-refractivity contribution in [3.8, 4) is 0 Å². The summed E-state index contributed by atoms with van der Waals surface area (Å²) in [5.74, 6) is 0.374. The Labute approximate surface area is 119 Å². The number of amides is 1. The molecule has 1 aromatic carbocycles. The molecule has 0 spiro atoms. The first-order chi connectivity index (χ1) is 9.65. The lowest BCUT2D eigenvalue weighted by atomic mass is 9.85. The van der Waals surface area contributed by atoms with Crippen LogP contribution in [0.15, 0.2) is 24.3 Å². The van der Waals surface area contributed by atoms with Gasteiger partial charge in [-0.3, -0.25) is 4.79 Å². The summed E-state index contributed by atoms with van der Waals surface area (Å²) in [5, 5.41) is 3.47. The molecule has 1 heterocycles. The third kappa shape index (κ3) is 2.57. The van der Waals surface area contributed by atoms with Crippen molar-refractivity contribution >= 4 is 11.6 Å². The molecule has 0 radical (unpaired) electrons. The Hall–Kier alpha value is -1.42. The maximum Gasteiger partial charge on any atom is 0.243 e. The molecule has 3 rings (SSSR count). The van der Waals surface area contributed by atoms with Crippen molar-refractivity contribution in [2.75, 3.05) is 11.9 Å². The van der Waals surface area contributed by atoms with Gasteiger partial charge in [0, 0.05) is 18.8 Å². The Morgan fingerprint density at radius 3 is 2.90 bits per heavy atom. The van der Waals surface area contributed by atoms with E-state index in [1.54, 1.807) is 24.1 Å². The largest absolute Gasteiger partial charge is 0.314 e. The fraction of sp³-hybridized carbons (Fsp3) is 0.562. The summed E-state index contributed by atoms with van der Waals surface area (Å²) in [7, 11) is 1.72. The molecule has 4 heteroatoms. The SMILES string of the molecule is CN(C(=O)C1CC2CCCCC2N1)c1cccc(F)c1. The van der Waals surface area contributed by atoms with Crippen LogP contribution >= 0.6 is 0 Å². The monoisotopic (exact) mass is 276 g/mol. The summed E-state index contributed by atoms with van der Waals surface area (Å²) in [6.07, 6.45) is 5.87. The highest BCUT2D eigenvalue weighted by atomic mass is 19.1. The quantitative estimate of drug-likeness (QED) is 0.900. The van der Waals surface area contributed by atoms with Crippen LogP contribution in [0.4, 0.5) is 10.1 Å². The van der Waals surface area contributed by atoms with Crippen LogP contribution < -0.4 is 10.2 Å². The fourth-order valence-electron chi connectivity index (χ4n) is 3.56. The summed E-state index contributed by atoms with van der Waals surface area (Å²) >= 11 is 0. The minimum atomic E-state index is -0.310. The highest BCUT2D eigenvalue weighted by Gasteiger charge is 2.39. The normalized spacial score (nSPS) is 29.0. The molecule has 108 valence electrons. The van der Waals surface area contributed by atoms with Crippen LogP contribution in [0.3, 0.4) is 0 Å². The highest BCUT2D eigenvalue weighted by Crippen LogP contribution is 2.34. The fourth-order valence-corrected chi connectivity index (χ4v) is 3.56. The third-order valence-corrected chi connectivity index (χ3v) is 4.69. The van der Waals surface area contributed by atoms with Gasteiger partial charge in [-0.1, -0.05) is 18.9 Å². The van der Waals surface area contributed by atoms with E-state index in [1.165, 1.54) is 37.8 Å². The number of rotatable bonds is 2. The standard InChI is InChI=1S/C16H21FN2O/c1-19(13-7-4-6-12(17)10-13)16(20)15-9-11-5-2-3-8-14(11)18-15/h4,6-7,10-11,14-15,18H,2-3,5,8-9H2,1H3. The number of likely N-dealkylation sites (N-methyl/N-ethyl adjacent to an activating group) is 1. The number of fused-ring (bicyclic) bond motifs is 1. The van der Waals surface area contributed by atoms with E-state index in [9.17, 15) is 9.18 Å². The van der Waals surface area contributed by atoms with E-state index in [0.717, 1.165) is 6.42 Å². The summed E-state index contributed by atoms with van der Waals surface area (Å²) < 4.78 is 13.3. The van der Waals surface area contributed by atoms with Crippen LogP contribution in [0.1, 0.15) is 32.1 Å². The minimum Gasteiger partial charge on any atom is -0.314 e. The predicted molar refractivity (Wildman–Crippen MR) is 77.1 cm³/mol. The molecule has 3 unspecified atom stereocenters. The molecule has 2 aliphatic rings. The van der Waals surface area contributed by atoms with Gasteiger partial charge in [0.1, 0.15) is 5.82 Å². The zero-order chi connectivity index (χ0) is 14.1. The number of anilines is 1. The van der Waals surface area contributed by atoms with Gasteiger partial charge in [0.05, 0.1) is 6.04 Å². The van der Waals surface area contributed by atoms with Gasteiger partial charge in [0.25, 0.3) is 0 Å². The van der Waals surface area contributed by atoms with E-state index in [4.69, 9.17) is 0 Å². The second-order valence-electron chi connectivity index (χ2n) is 5.98. The Balaban J connectivity index is 1.70. The van der Waals surface area contributed by atoms with Crippen LogP contribution in [0.25, 0.3) is 0 Å². The molecule has 1 aromatic rings. The van der Waals surface area contributed by atoms with E-state index in [0.29, 0.717) is 17.6 Å². The van der Waals surface area contributed by atoms with Crippen LogP contribution in [0.2, 0.25) is 0 Å². The maximum absolute atomic E-state index is 13.3. The van der Waals surface area contributed by atoms with Crippen molar-refractivity contribution in [2.45, 2.75) is 44.2 Å². The Morgan fingerprint density at radius 2 is 2.15 bits per heavy atom. The first kappa shape index (κ1) is 13.6. The number of nitrogens with one attached hydrogen (secondary N) is 1. The van der Waals surface area contributed by atoms with E-state index in [-0.39, 0.29) is 17.8 Å². The lowest BCUT2D eigenvalue weighted by molar-refractivity contribution is -0.120. The lowest BCUT2D eigenvalue weighted by Crippen LogP contribution is -2.44. The number of halogens is 1. The number of carbonyl (C=O) groups is 1. The smallest absolute Gasteiger partial charge is 0.243 e. The second-order valence-corrected chi connectivity index (χ2v) is 5.98. The zero-order valence-corrected chi connectivity index (χ0v) is 11.8. The molecule has 3 nitrogen and oxygen atoms in total. The average molecular weight is 276 g/mol. The van der Waals surface area contributed by atoms with E-state index >= 15 is 0 Å². The van der Waals surface area contributed by atoms with Crippen molar-refractivity contribution in [3.05, 3.63) is 30.1 Å². The van der Waals surface area contributed by atoms with Crippen molar-refractivity contribution in [3.63, 3.8) is 0 Å². The van der Waals surface area contributed by atoms with Crippen molar-refractivity contribution in [1.29, 1.82) is 0 Å². The molecular weight excluding hydrogens is 255 g/mol. The Morgan fingerprint density at radius 1 is 1.35 bits per heavy atom. The molecule has 2 fully saturated rings. The van der Waals surface area contributed by atoms with Gasteiger partial charge in [-0.25, -0.2) is 4.39 Å². The van der Waals surface area contributed by atoms with Gasteiger partial charge in [-0.05, 0) is 43.4 Å². The van der Waals surface area contributed by atoms with Crippen LogP contribution in [-0.2, 0) is 4.79 Å². The number of hydrogen-bond acceptors (Lipinski definition) is 2. The van der Waals surface area contributed by atoms with Gasteiger partial charge in [-0.2, -0.15) is 0 Å². The Kier molecular flexibility index (Phi) is 3.74. The molecule has 3 atom stereocenters. The topological polar surface area (TPSA) is 32.3 Å². The summed E-state index contributed by atoms with van der Waals surface area (Å²) in [5.41, 5.74) is 0.617. The van der Waals surface area contributed by atoms with Crippen LogP contribution in [-0.4, -0.2) is 25.0 Å². The van der Waals surface area contributed by atoms with Crippen molar-refractivity contribution in [2.24, 2.45) is 5.92 Å². The molecule has 1 aliphatic heterocycles. The van der Waals surface area contributed by atoms with Crippen molar-refractivity contribution in [1.82, 2.24) is 5.32 Å². The number of benzene rings is 1. The van der Waals surface area contributed by atoms with E-state index in [1.807, 2.05) is 0 Å². The molecule has 1 N–H and O–H groups in total. The minimum absolute atomic E-state index is 0.0463. The summed E-state index contributed by atoms with van der Waals surface area (Å²) in [6.45, 7) is 0. The average Bonchev–Trinajstić information content (AvgIpc) is 2.89. The highest BCUT2D eigenvalue weighted by molar-refractivity contribution is 5.96. The number of hydrogen-bond donors (Lipinski definition) is 1. The molecule has 1 amide bonds. The van der Waals surface area contributed by atoms with Gasteiger partial charge < -0.3 is 10.2 Å².